The standard InChI is InChI=1S/C12H11Cl2N3O4S2/c1-7-6-22-12(19)17(7)5-10(18)15-16-23(20,21)11-8(13)3-2-4-9(11)14/h2-4,6,16H,5H2,1H3,(H,15,18). The number of rotatable bonds is 5. The molecule has 2 N–H and O–H groups in total. The number of carbonyl (C=O) groups is 1. The molecular formula is C12H11Cl2N3O4S2. The van der Waals surface area contributed by atoms with E-state index in [1.807, 2.05) is 10.3 Å². The molecule has 0 aliphatic rings. The van der Waals surface area contributed by atoms with Crippen molar-refractivity contribution in [2.75, 3.05) is 0 Å². The first-order chi connectivity index (χ1) is 10.7. The van der Waals surface area contributed by atoms with Crippen molar-refractivity contribution in [1.82, 2.24) is 14.8 Å². The third kappa shape index (κ3) is 4.12. The van der Waals surface area contributed by atoms with E-state index in [1.165, 1.54) is 22.8 Å². The Bertz CT molecular complexity index is 885. The molecule has 0 aliphatic heterocycles. The molecule has 0 saturated heterocycles. The van der Waals surface area contributed by atoms with Crippen molar-refractivity contribution in [2.45, 2.75) is 18.4 Å². The smallest absolute Gasteiger partial charge is 0.294 e. The maximum Gasteiger partial charge on any atom is 0.307 e. The van der Waals surface area contributed by atoms with Crippen LogP contribution in [0.25, 0.3) is 0 Å². The van der Waals surface area contributed by atoms with Gasteiger partial charge in [0, 0.05) is 11.1 Å². The highest BCUT2D eigenvalue weighted by Gasteiger charge is 2.22. The van der Waals surface area contributed by atoms with Gasteiger partial charge in [-0.3, -0.25) is 19.6 Å². The number of aryl methyl sites for hydroxylation is 1. The average Bonchev–Trinajstić information content (AvgIpc) is 2.77. The number of halogens is 2. The number of benzene rings is 1. The number of hydrogen-bond acceptors (Lipinski definition) is 5. The van der Waals surface area contributed by atoms with Crippen LogP contribution in [0.4, 0.5) is 0 Å². The first-order valence-corrected chi connectivity index (χ1v) is 9.24. The van der Waals surface area contributed by atoms with Crippen molar-refractivity contribution in [2.24, 2.45) is 0 Å². The Labute approximate surface area is 145 Å². The molecule has 23 heavy (non-hydrogen) atoms. The summed E-state index contributed by atoms with van der Waals surface area (Å²) >= 11 is 12.6. The van der Waals surface area contributed by atoms with E-state index in [9.17, 15) is 18.0 Å². The Hall–Kier alpha value is -1.39. The first kappa shape index (κ1) is 18.0. The highest BCUT2D eigenvalue weighted by atomic mass is 35.5. The van der Waals surface area contributed by atoms with Gasteiger partial charge in [-0.05, 0) is 19.1 Å². The van der Waals surface area contributed by atoms with Crippen LogP contribution < -0.4 is 15.1 Å². The van der Waals surface area contributed by atoms with Gasteiger partial charge in [0.2, 0.25) is 0 Å². The molecule has 124 valence electrons. The van der Waals surface area contributed by atoms with Crippen LogP contribution in [0.1, 0.15) is 5.69 Å². The van der Waals surface area contributed by atoms with Crippen molar-refractivity contribution in [3.05, 3.63) is 49.0 Å². The molecule has 0 fully saturated rings. The summed E-state index contributed by atoms with van der Waals surface area (Å²) in [5, 5.41) is 1.44. The zero-order valence-electron chi connectivity index (χ0n) is 11.7. The summed E-state index contributed by atoms with van der Waals surface area (Å²) in [6, 6.07) is 4.21. The van der Waals surface area contributed by atoms with Crippen LogP contribution in [0.5, 0.6) is 0 Å². The van der Waals surface area contributed by atoms with E-state index in [0.717, 1.165) is 11.3 Å². The number of carbonyl (C=O) groups excluding carboxylic acids is 1. The molecule has 2 rings (SSSR count). The number of nitrogens with zero attached hydrogens (tertiary/aromatic N) is 1. The van der Waals surface area contributed by atoms with Gasteiger partial charge in [-0.25, -0.2) is 8.42 Å². The highest BCUT2D eigenvalue weighted by Crippen LogP contribution is 2.28. The molecule has 0 saturated carbocycles. The van der Waals surface area contributed by atoms with Gasteiger partial charge in [-0.15, -0.1) is 4.83 Å². The summed E-state index contributed by atoms with van der Waals surface area (Å²) in [5.74, 6) is -0.708. The van der Waals surface area contributed by atoms with Crippen LogP contribution in [-0.4, -0.2) is 18.9 Å². The maximum absolute atomic E-state index is 12.2. The van der Waals surface area contributed by atoms with Crippen molar-refractivity contribution < 1.29 is 13.2 Å². The molecule has 2 aromatic rings. The predicted octanol–water partition coefficient (Wildman–Crippen LogP) is 1.53. The maximum atomic E-state index is 12.2. The van der Waals surface area contributed by atoms with Crippen LogP contribution in [0.3, 0.4) is 0 Å². The van der Waals surface area contributed by atoms with Gasteiger partial charge >= 0.3 is 4.87 Å². The van der Waals surface area contributed by atoms with Gasteiger partial charge in [0.25, 0.3) is 15.9 Å². The summed E-state index contributed by atoms with van der Waals surface area (Å²) in [5.41, 5.74) is 2.62. The zero-order valence-corrected chi connectivity index (χ0v) is 14.8. The van der Waals surface area contributed by atoms with Crippen molar-refractivity contribution >= 4 is 50.5 Å². The van der Waals surface area contributed by atoms with Gasteiger partial charge in [-0.2, -0.15) is 0 Å². The third-order valence-corrected chi connectivity index (χ3v) is 5.87. The predicted molar refractivity (Wildman–Crippen MR) is 88.2 cm³/mol. The molecule has 1 amide bonds. The molecule has 0 aliphatic carbocycles. The lowest BCUT2D eigenvalue weighted by Gasteiger charge is -2.11. The lowest BCUT2D eigenvalue weighted by molar-refractivity contribution is -0.122. The van der Waals surface area contributed by atoms with E-state index in [4.69, 9.17) is 23.2 Å². The number of hydrogen-bond donors (Lipinski definition) is 2. The third-order valence-electron chi connectivity index (χ3n) is 2.79. The average molecular weight is 396 g/mol. The molecular weight excluding hydrogens is 385 g/mol. The van der Waals surface area contributed by atoms with E-state index in [0.29, 0.717) is 5.69 Å². The minimum Gasteiger partial charge on any atom is -0.294 e. The molecule has 7 nitrogen and oxygen atoms in total. The van der Waals surface area contributed by atoms with E-state index >= 15 is 0 Å². The van der Waals surface area contributed by atoms with E-state index in [-0.39, 0.29) is 26.4 Å². The van der Waals surface area contributed by atoms with Gasteiger partial charge in [0.05, 0.1) is 10.0 Å². The quantitative estimate of drug-likeness (QED) is 0.750. The normalized spacial score (nSPS) is 11.4. The highest BCUT2D eigenvalue weighted by molar-refractivity contribution is 7.89. The largest absolute Gasteiger partial charge is 0.307 e. The second kappa shape index (κ2) is 7.02. The second-order valence-corrected chi connectivity index (χ2v) is 7.69. The van der Waals surface area contributed by atoms with Gasteiger partial charge in [0.1, 0.15) is 11.4 Å². The molecule has 0 bridgehead atoms. The lowest BCUT2D eigenvalue weighted by atomic mass is 10.4. The van der Waals surface area contributed by atoms with Gasteiger partial charge in [-0.1, -0.05) is 40.6 Å². The number of nitrogens with one attached hydrogen (secondary N) is 2. The summed E-state index contributed by atoms with van der Waals surface area (Å²) in [6.07, 6.45) is 0. The Kier molecular flexibility index (Phi) is 5.48. The Morgan fingerprint density at radius 3 is 2.43 bits per heavy atom. The minimum absolute atomic E-state index is 0.0795. The molecule has 1 aromatic carbocycles. The SMILES string of the molecule is Cc1csc(=O)n1CC(=O)NNS(=O)(=O)c1c(Cl)cccc1Cl. The molecule has 0 radical (unpaired) electrons. The van der Waals surface area contributed by atoms with Crippen molar-refractivity contribution in [3.63, 3.8) is 0 Å². The van der Waals surface area contributed by atoms with Crippen LogP contribution in [0.15, 0.2) is 33.3 Å². The van der Waals surface area contributed by atoms with Crippen molar-refractivity contribution in [3.8, 4) is 0 Å². The lowest BCUT2D eigenvalue weighted by Crippen LogP contribution is -2.44. The topological polar surface area (TPSA) is 97.3 Å². The summed E-state index contributed by atoms with van der Waals surface area (Å²) in [6.45, 7) is 1.35. The minimum atomic E-state index is -4.15. The molecule has 0 spiro atoms. The van der Waals surface area contributed by atoms with Gasteiger partial charge in [0.15, 0.2) is 0 Å². The summed E-state index contributed by atoms with van der Waals surface area (Å²) in [4.78, 5) is 24.6. The van der Waals surface area contributed by atoms with Gasteiger partial charge < -0.3 is 0 Å². The van der Waals surface area contributed by atoms with E-state index in [2.05, 4.69) is 0 Å². The van der Waals surface area contributed by atoms with Crippen LogP contribution >= 0.6 is 34.5 Å². The number of amides is 1. The summed E-state index contributed by atoms with van der Waals surface area (Å²) in [7, 11) is -4.15. The number of thiazole rings is 1. The van der Waals surface area contributed by atoms with E-state index in [1.54, 1.807) is 12.3 Å². The number of hydrazine groups is 1. The second-order valence-electron chi connectivity index (χ2n) is 4.43. The van der Waals surface area contributed by atoms with Crippen LogP contribution in [-0.2, 0) is 21.4 Å². The van der Waals surface area contributed by atoms with Crippen molar-refractivity contribution in [1.29, 1.82) is 0 Å². The number of aromatic nitrogens is 1. The Balaban J connectivity index is 2.11. The fourth-order valence-electron chi connectivity index (χ4n) is 1.69. The van der Waals surface area contributed by atoms with Crippen LogP contribution in [0.2, 0.25) is 10.0 Å². The molecule has 0 unspecified atom stereocenters. The van der Waals surface area contributed by atoms with Crippen LogP contribution in [0, 0.1) is 6.92 Å². The Morgan fingerprint density at radius 1 is 1.30 bits per heavy atom. The summed E-state index contributed by atoms with van der Waals surface area (Å²) < 4.78 is 25.5. The van der Waals surface area contributed by atoms with E-state index < -0.39 is 15.9 Å². The fraction of sp³-hybridized carbons (Fsp3) is 0.167. The number of sulfonamides is 1. The Morgan fingerprint density at radius 2 is 1.91 bits per heavy atom. The molecule has 11 heteroatoms. The monoisotopic (exact) mass is 395 g/mol. The first-order valence-electron chi connectivity index (χ1n) is 6.12. The zero-order chi connectivity index (χ0) is 17.2. The molecule has 0 atom stereocenters. The fourth-order valence-corrected chi connectivity index (χ4v) is 4.43. The molecule has 1 aromatic heterocycles. The molecule has 1 heterocycles.